The van der Waals surface area contributed by atoms with Crippen LogP contribution in [0, 0.1) is 6.92 Å². The molecule has 4 aromatic rings. The quantitative estimate of drug-likeness (QED) is 0.214. The number of piperazine rings is 1. The molecule has 0 saturated carbocycles. The first kappa shape index (κ1) is 28.7. The van der Waals surface area contributed by atoms with Crippen LogP contribution in [0.15, 0.2) is 46.0 Å². The first-order valence-corrected chi connectivity index (χ1v) is 12.5. The van der Waals surface area contributed by atoms with Crippen LogP contribution in [-0.4, -0.2) is 58.8 Å². The number of nitrogens with one attached hydrogen (secondary N) is 3. The second kappa shape index (κ2) is 12.1. The summed E-state index contributed by atoms with van der Waals surface area (Å²) >= 11 is 0. The van der Waals surface area contributed by atoms with Gasteiger partial charge in [-0.05, 0) is 25.1 Å². The van der Waals surface area contributed by atoms with E-state index in [2.05, 4.69) is 22.1 Å². The summed E-state index contributed by atoms with van der Waals surface area (Å²) in [5.41, 5.74) is 3.74. The van der Waals surface area contributed by atoms with E-state index in [-0.39, 0.29) is 35.9 Å². The predicted molar refractivity (Wildman–Crippen MR) is 135 cm³/mol. The van der Waals surface area contributed by atoms with E-state index in [0.717, 1.165) is 56.2 Å². The molecule has 3 N–H and O–H groups in total. The third kappa shape index (κ3) is 5.55. The molecule has 0 spiro atoms. The lowest BCUT2D eigenvalue weighted by Crippen LogP contribution is -3.26. The number of H-pyrrole nitrogens is 1. The van der Waals surface area contributed by atoms with E-state index >= 15 is 0 Å². The molecule has 1 fully saturated rings. The number of imidazole rings is 1. The van der Waals surface area contributed by atoms with Gasteiger partial charge < -0.3 is 44.0 Å². The minimum atomic E-state index is -0.181. The fourth-order valence-electron chi connectivity index (χ4n) is 5.38. The Labute approximate surface area is 227 Å². The monoisotopic (exact) mass is 548 g/mol. The third-order valence-corrected chi connectivity index (χ3v) is 7.25. The highest BCUT2D eigenvalue weighted by Gasteiger charge is 2.24. The third-order valence-electron chi connectivity index (χ3n) is 7.25. The predicted octanol–water partition coefficient (Wildman–Crippen LogP) is -6.27. The van der Waals surface area contributed by atoms with Crippen molar-refractivity contribution in [2.75, 3.05) is 39.8 Å². The Balaban J connectivity index is 0.00000190. The molecule has 0 bridgehead atoms. The van der Waals surface area contributed by atoms with Gasteiger partial charge in [-0.3, -0.25) is 18.9 Å². The summed E-state index contributed by atoms with van der Waals surface area (Å²) < 4.78 is 8.92. The number of hydrogen-bond acceptors (Lipinski definition) is 4. The van der Waals surface area contributed by atoms with Gasteiger partial charge in [0.1, 0.15) is 54.6 Å². The summed E-state index contributed by atoms with van der Waals surface area (Å²) in [5, 5.41) is 0. The zero-order valence-corrected chi connectivity index (χ0v) is 23.0. The zero-order valence-electron chi connectivity index (χ0n) is 21.4. The number of methoxy groups -OCH3 is 1. The largest absolute Gasteiger partial charge is 1.00 e. The lowest BCUT2D eigenvalue weighted by atomic mass is 10.2. The SMILES string of the molecule is CCc1nc(C)c2c(=O)n(CCC[NH+]3CC[NH+](c4ccc(OC)cc4)CC3)c3ccc(=O)[nH]c3n12.[Cl-].[Cl-]. The van der Waals surface area contributed by atoms with Crippen molar-refractivity contribution in [1.82, 2.24) is 18.9 Å². The second-order valence-corrected chi connectivity index (χ2v) is 9.35. The van der Waals surface area contributed by atoms with E-state index in [1.54, 1.807) is 18.1 Å². The molecule has 0 aliphatic carbocycles. The Bertz CT molecular complexity index is 1470. The summed E-state index contributed by atoms with van der Waals surface area (Å²) in [6.07, 6.45) is 1.57. The van der Waals surface area contributed by atoms with Gasteiger partial charge in [-0.25, -0.2) is 4.98 Å². The molecule has 0 amide bonds. The molecule has 11 heteroatoms. The van der Waals surface area contributed by atoms with Crippen molar-refractivity contribution < 1.29 is 39.4 Å². The van der Waals surface area contributed by atoms with Gasteiger partial charge >= 0.3 is 0 Å². The van der Waals surface area contributed by atoms with Gasteiger partial charge in [0.25, 0.3) is 5.56 Å². The summed E-state index contributed by atoms with van der Waals surface area (Å²) in [6, 6.07) is 11.6. The minimum Gasteiger partial charge on any atom is -1.00 e. The molecule has 200 valence electrons. The molecule has 1 aromatic carbocycles. The topological polar surface area (TPSA) is 90.3 Å². The van der Waals surface area contributed by atoms with Gasteiger partial charge in [-0.2, -0.15) is 0 Å². The molecular weight excluding hydrogens is 515 g/mol. The number of rotatable bonds is 7. The molecule has 37 heavy (non-hydrogen) atoms. The van der Waals surface area contributed by atoms with Crippen molar-refractivity contribution in [1.29, 1.82) is 0 Å². The normalized spacial score (nSPS) is 17.4. The Morgan fingerprint density at radius 2 is 1.73 bits per heavy atom. The first-order valence-electron chi connectivity index (χ1n) is 12.5. The van der Waals surface area contributed by atoms with E-state index in [1.807, 2.05) is 34.9 Å². The average Bonchev–Trinajstić information content (AvgIpc) is 3.23. The average molecular weight is 550 g/mol. The van der Waals surface area contributed by atoms with Crippen molar-refractivity contribution in [2.45, 2.75) is 33.2 Å². The summed E-state index contributed by atoms with van der Waals surface area (Å²) in [5.74, 6) is 1.68. The molecule has 1 aliphatic rings. The van der Waals surface area contributed by atoms with Crippen LogP contribution in [0.25, 0.3) is 16.7 Å². The van der Waals surface area contributed by atoms with Crippen LogP contribution in [0.5, 0.6) is 5.75 Å². The highest BCUT2D eigenvalue weighted by molar-refractivity contribution is 5.76. The molecule has 0 atom stereocenters. The van der Waals surface area contributed by atoms with Gasteiger partial charge in [0.05, 0.1) is 24.9 Å². The molecule has 1 aliphatic heterocycles. The smallest absolute Gasteiger partial charge is 0.277 e. The number of hydrogen-bond donors (Lipinski definition) is 3. The molecule has 0 unspecified atom stereocenters. The summed E-state index contributed by atoms with van der Waals surface area (Å²) in [7, 11) is 1.69. The number of pyridine rings is 1. The van der Waals surface area contributed by atoms with Crippen LogP contribution in [0.3, 0.4) is 0 Å². The van der Waals surface area contributed by atoms with Crippen LogP contribution in [0.4, 0.5) is 5.69 Å². The van der Waals surface area contributed by atoms with E-state index in [1.165, 1.54) is 16.7 Å². The molecule has 9 nitrogen and oxygen atoms in total. The van der Waals surface area contributed by atoms with Crippen LogP contribution < -0.4 is 50.5 Å². The Morgan fingerprint density at radius 3 is 2.38 bits per heavy atom. The van der Waals surface area contributed by atoms with Gasteiger partial charge in [0.15, 0.2) is 0 Å². The fourth-order valence-corrected chi connectivity index (χ4v) is 5.38. The number of aromatic nitrogens is 4. The Morgan fingerprint density at radius 1 is 1.03 bits per heavy atom. The summed E-state index contributed by atoms with van der Waals surface area (Å²) in [4.78, 5) is 36.2. The molecule has 5 rings (SSSR count). The molecule has 0 radical (unpaired) electrons. The number of halogens is 2. The number of ether oxygens (including phenoxy) is 1. The summed E-state index contributed by atoms with van der Waals surface area (Å²) in [6.45, 7) is 9.88. The molecule has 3 aromatic heterocycles. The van der Waals surface area contributed by atoms with Crippen LogP contribution in [0.1, 0.15) is 24.9 Å². The fraction of sp³-hybridized carbons (Fsp3) is 0.423. The minimum absolute atomic E-state index is 0. The number of aromatic amines is 1. The Hall–Kier alpha value is -2.85. The van der Waals surface area contributed by atoms with Crippen molar-refractivity contribution >= 4 is 22.4 Å². The van der Waals surface area contributed by atoms with E-state index in [4.69, 9.17) is 4.74 Å². The molecular formula is C26H34Cl2N6O3. The van der Waals surface area contributed by atoms with Crippen LogP contribution in [-0.2, 0) is 13.0 Å². The van der Waals surface area contributed by atoms with E-state index in [9.17, 15) is 9.59 Å². The zero-order chi connectivity index (χ0) is 24.5. The van der Waals surface area contributed by atoms with Crippen molar-refractivity contribution in [3.8, 4) is 5.75 Å². The lowest BCUT2D eigenvalue weighted by molar-refractivity contribution is -0.986. The number of fused-ring (bicyclic) bond motifs is 3. The maximum Gasteiger partial charge on any atom is 0.277 e. The Kier molecular flexibility index (Phi) is 9.41. The van der Waals surface area contributed by atoms with Crippen molar-refractivity contribution in [3.05, 3.63) is 68.6 Å². The number of nitrogens with zero attached hydrogens (tertiary/aromatic N) is 3. The van der Waals surface area contributed by atoms with Gasteiger partial charge in [-0.1, -0.05) is 6.92 Å². The molecule has 1 saturated heterocycles. The van der Waals surface area contributed by atoms with Crippen molar-refractivity contribution in [3.63, 3.8) is 0 Å². The lowest BCUT2D eigenvalue weighted by Gasteiger charge is -2.29. The van der Waals surface area contributed by atoms with Crippen LogP contribution in [0.2, 0.25) is 0 Å². The first-order chi connectivity index (χ1) is 17.0. The number of quaternary nitrogens is 2. The van der Waals surface area contributed by atoms with E-state index in [0.29, 0.717) is 29.8 Å². The van der Waals surface area contributed by atoms with Gasteiger partial charge in [0.2, 0.25) is 5.56 Å². The maximum atomic E-state index is 13.5. The van der Waals surface area contributed by atoms with Crippen molar-refractivity contribution in [2.24, 2.45) is 0 Å². The highest BCUT2D eigenvalue weighted by Crippen LogP contribution is 2.17. The highest BCUT2D eigenvalue weighted by atomic mass is 35.5. The standard InChI is InChI=1S/C26H32N6O3.2ClH/c1-4-22-27-18(2)24-26(34)31(21-10-11-23(33)28-25(21)32(22)24)13-5-12-29-14-16-30(17-15-29)19-6-8-20(35-3)9-7-19;;/h6-11H,4-5,12-17H2,1-3H3,(H,28,33);2*1H. The van der Waals surface area contributed by atoms with Gasteiger partial charge in [0, 0.05) is 37.6 Å². The van der Waals surface area contributed by atoms with Crippen LogP contribution >= 0.6 is 0 Å². The van der Waals surface area contributed by atoms with E-state index < -0.39 is 0 Å². The van der Waals surface area contributed by atoms with Gasteiger partial charge in [-0.15, -0.1) is 0 Å². The number of aryl methyl sites for hydroxylation is 3. The number of benzene rings is 1. The maximum absolute atomic E-state index is 13.5. The second-order valence-electron chi connectivity index (χ2n) is 9.35. The molecule has 4 heterocycles.